The highest BCUT2D eigenvalue weighted by molar-refractivity contribution is 6.32. The highest BCUT2D eigenvalue weighted by atomic mass is 35.5. The molecule has 7 heteroatoms. The number of carbonyl (C=O) groups is 2. The van der Waals surface area contributed by atoms with Crippen LogP contribution in [0, 0.1) is 6.92 Å². The fraction of sp³-hybridized carbons (Fsp3) is 0.227. The molecule has 0 fully saturated rings. The number of esters is 1. The lowest BCUT2D eigenvalue weighted by atomic mass is 10.1. The number of rotatable bonds is 7. The Hall–Kier alpha value is -3.12. The van der Waals surface area contributed by atoms with Gasteiger partial charge in [0.15, 0.2) is 6.61 Å². The Bertz CT molecular complexity index is 1020. The van der Waals surface area contributed by atoms with Crippen LogP contribution in [0.4, 0.5) is 5.69 Å². The van der Waals surface area contributed by atoms with Gasteiger partial charge in [0.05, 0.1) is 12.2 Å². The van der Waals surface area contributed by atoms with E-state index in [-0.39, 0.29) is 10.7 Å². The SMILES string of the molecule is CCc1cccc(NC(=O)COC(=O)c2c(C)nn(Cc3ccccc3)c2Cl)c1. The molecule has 3 aromatic rings. The summed E-state index contributed by atoms with van der Waals surface area (Å²) in [6, 6.07) is 17.2. The number of amides is 1. The molecule has 0 saturated heterocycles. The van der Waals surface area contributed by atoms with E-state index in [0.29, 0.717) is 17.9 Å². The first-order valence-corrected chi connectivity index (χ1v) is 9.68. The Kier molecular flexibility index (Phi) is 6.67. The van der Waals surface area contributed by atoms with Gasteiger partial charge in [-0.1, -0.05) is 61.0 Å². The van der Waals surface area contributed by atoms with Gasteiger partial charge in [-0.05, 0) is 36.6 Å². The van der Waals surface area contributed by atoms with Gasteiger partial charge in [-0.3, -0.25) is 4.79 Å². The highest BCUT2D eigenvalue weighted by Gasteiger charge is 2.22. The Balaban J connectivity index is 1.62. The van der Waals surface area contributed by atoms with Crippen LogP contribution in [-0.2, 0) is 22.5 Å². The molecule has 3 rings (SSSR count). The van der Waals surface area contributed by atoms with Crippen molar-refractivity contribution in [3.63, 3.8) is 0 Å². The highest BCUT2D eigenvalue weighted by Crippen LogP contribution is 2.22. The summed E-state index contributed by atoms with van der Waals surface area (Å²) in [4.78, 5) is 24.6. The van der Waals surface area contributed by atoms with Crippen LogP contribution in [0.15, 0.2) is 54.6 Å². The van der Waals surface area contributed by atoms with Crippen LogP contribution in [0.2, 0.25) is 5.15 Å². The second kappa shape index (κ2) is 9.39. The maximum atomic E-state index is 12.5. The molecular formula is C22H22ClN3O3. The van der Waals surface area contributed by atoms with Gasteiger partial charge in [0, 0.05) is 5.69 Å². The van der Waals surface area contributed by atoms with Crippen LogP contribution in [0.25, 0.3) is 0 Å². The predicted octanol–water partition coefficient (Wildman–Crippen LogP) is 4.25. The fourth-order valence-electron chi connectivity index (χ4n) is 2.92. The van der Waals surface area contributed by atoms with Crippen LogP contribution in [0.1, 0.15) is 34.1 Å². The standard InChI is InChI=1S/C22H22ClN3O3/c1-3-16-10-7-11-18(12-16)24-19(27)14-29-22(28)20-15(2)25-26(21(20)23)13-17-8-5-4-6-9-17/h4-12H,3,13-14H2,1-2H3,(H,24,27). The van der Waals surface area contributed by atoms with Gasteiger partial charge >= 0.3 is 5.97 Å². The van der Waals surface area contributed by atoms with Crippen LogP contribution in [-0.4, -0.2) is 28.3 Å². The van der Waals surface area contributed by atoms with Crippen molar-refractivity contribution in [2.45, 2.75) is 26.8 Å². The maximum Gasteiger partial charge on any atom is 0.343 e. The number of hydrogen-bond acceptors (Lipinski definition) is 4. The van der Waals surface area contributed by atoms with Gasteiger partial charge in [0.1, 0.15) is 10.7 Å². The van der Waals surface area contributed by atoms with Crippen LogP contribution in [0.5, 0.6) is 0 Å². The second-order valence-corrected chi connectivity index (χ2v) is 6.93. The Morgan fingerprint density at radius 1 is 1.10 bits per heavy atom. The molecule has 1 amide bonds. The summed E-state index contributed by atoms with van der Waals surface area (Å²) >= 11 is 6.35. The largest absolute Gasteiger partial charge is 0.452 e. The van der Waals surface area contributed by atoms with Crippen LogP contribution in [0.3, 0.4) is 0 Å². The molecule has 0 saturated carbocycles. The van der Waals surface area contributed by atoms with Crippen molar-refractivity contribution < 1.29 is 14.3 Å². The molecule has 0 spiro atoms. The zero-order valence-electron chi connectivity index (χ0n) is 16.3. The second-order valence-electron chi connectivity index (χ2n) is 6.57. The summed E-state index contributed by atoms with van der Waals surface area (Å²) in [5, 5.41) is 7.23. The Morgan fingerprint density at radius 2 is 1.83 bits per heavy atom. The van der Waals surface area contributed by atoms with E-state index in [1.165, 1.54) is 0 Å². The Labute approximate surface area is 174 Å². The average Bonchev–Trinajstić information content (AvgIpc) is 3.00. The third kappa shape index (κ3) is 5.23. The molecule has 150 valence electrons. The van der Waals surface area contributed by atoms with E-state index in [1.807, 2.05) is 55.5 Å². The molecule has 0 aliphatic heterocycles. The molecule has 0 atom stereocenters. The molecule has 0 bridgehead atoms. The van der Waals surface area contributed by atoms with Gasteiger partial charge < -0.3 is 10.1 Å². The smallest absolute Gasteiger partial charge is 0.343 e. The first-order valence-electron chi connectivity index (χ1n) is 9.30. The lowest BCUT2D eigenvalue weighted by Gasteiger charge is -2.08. The summed E-state index contributed by atoms with van der Waals surface area (Å²) < 4.78 is 6.70. The van der Waals surface area contributed by atoms with Gasteiger partial charge in [-0.2, -0.15) is 5.10 Å². The van der Waals surface area contributed by atoms with Crippen LogP contribution >= 0.6 is 11.6 Å². The molecule has 0 radical (unpaired) electrons. The minimum absolute atomic E-state index is 0.170. The first kappa shape index (κ1) is 20.6. The predicted molar refractivity (Wildman–Crippen MR) is 112 cm³/mol. The third-order valence-corrected chi connectivity index (χ3v) is 4.78. The van der Waals surface area contributed by atoms with Crippen molar-refractivity contribution in [3.05, 3.63) is 82.1 Å². The topological polar surface area (TPSA) is 73.2 Å². The molecular weight excluding hydrogens is 390 g/mol. The van der Waals surface area contributed by atoms with E-state index in [0.717, 1.165) is 17.5 Å². The molecule has 29 heavy (non-hydrogen) atoms. The van der Waals surface area contributed by atoms with E-state index >= 15 is 0 Å². The number of anilines is 1. The lowest BCUT2D eigenvalue weighted by Crippen LogP contribution is -2.21. The summed E-state index contributed by atoms with van der Waals surface area (Å²) in [6.45, 7) is 3.74. The normalized spacial score (nSPS) is 10.6. The number of nitrogens with one attached hydrogen (secondary N) is 1. The zero-order chi connectivity index (χ0) is 20.8. The summed E-state index contributed by atoms with van der Waals surface area (Å²) in [7, 11) is 0. The number of hydrogen-bond donors (Lipinski definition) is 1. The van der Waals surface area contributed by atoms with Gasteiger partial charge in [0.2, 0.25) is 0 Å². The molecule has 0 aliphatic rings. The van der Waals surface area contributed by atoms with Gasteiger partial charge in [-0.15, -0.1) is 0 Å². The van der Waals surface area contributed by atoms with E-state index in [4.69, 9.17) is 16.3 Å². The van der Waals surface area contributed by atoms with E-state index < -0.39 is 18.5 Å². The first-order chi connectivity index (χ1) is 14.0. The van der Waals surface area contributed by atoms with Crippen molar-refractivity contribution >= 4 is 29.2 Å². The monoisotopic (exact) mass is 411 g/mol. The van der Waals surface area contributed by atoms with Crippen molar-refractivity contribution in [2.75, 3.05) is 11.9 Å². The molecule has 6 nitrogen and oxygen atoms in total. The number of aromatic nitrogens is 2. The summed E-state index contributed by atoms with van der Waals surface area (Å²) in [6.07, 6.45) is 0.865. The Morgan fingerprint density at radius 3 is 2.55 bits per heavy atom. The third-order valence-electron chi connectivity index (χ3n) is 4.40. The average molecular weight is 412 g/mol. The summed E-state index contributed by atoms with van der Waals surface area (Å²) in [5.41, 5.74) is 3.39. The molecule has 0 aliphatic carbocycles. The maximum absolute atomic E-state index is 12.5. The fourth-order valence-corrected chi connectivity index (χ4v) is 3.23. The number of carbonyl (C=O) groups excluding carboxylic acids is 2. The lowest BCUT2D eigenvalue weighted by molar-refractivity contribution is -0.119. The number of ether oxygens (including phenoxy) is 1. The molecule has 2 aromatic carbocycles. The summed E-state index contributed by atoms with van der Waals surface area (Å²) in [5.74, 6) is -1.10. The van der Waals surface area contributed by atoms with Crippen LogP contribution < -0.4 is 5.32 Å². The number of halogens is 1. The quantitative estimate of drug-likeness (QED) is 0.590. The number of aryl methyl sites for hydroxylation is 2. The van der Waals surface area contributed by atoms with E-state index in [2.05, 4.69) is 10.4 Å². The number of benzene rings is 2. The van der Waals surface area contributed by atoms with Crippen molar-refractivity contribution in [3.8, 4) is 0 Å². The van der Waals surface area contributed by atoms with Gasteiger partial charge in [0.25, 0.3) is 5.91 Å². The van der Waals surface area contributed by atoms with Gasteiger partial charge in [-0.25, -0.2) is 9.48 Å². The molecule has 1 N–H and O–H groups in total. The molecule has 1 heterocycles. The minimum Gasteiger partial charge on any atom is -0.452 e. The van der Waals surface area contributed by atoms with E-state index in [9.17, 15) is 9.59 Å². The molecule has 0 unspecified atom stereocenters. The zero-order valence-corrected chi connectivity index (χ0v) is 17.1. The van der Waals surface area contributed by atoms with Crippen molar-refractivity contribution in [1.29, 1.82) is 0 Å². The molecule has 1 aromatic heterocycles. The number of nitrogens with zero attached hydrogens (tertiary/aromatic N) is 2. The minimum atomic E-state index is -0.677. The van der Waals surface area contributed by atoms with E-state index in [1.54, 1.807) is 17.7 Å². The van der Waals surface area contributed by atoms with Crippen molar-refractivity contribution in [2.24, 2.45) is 0 Å². The van der Waals surface area contributed by atoms with Crippen molar-refractivity contribution in [1.82, 2.24) is 9.78 Å².